The molecule has 1 fully saturated rings. The predicted octanol–water partition coefficient (Wildman–Crippen LogP) is 2.47. The molecule has 0 radical (unpaired) electrons. The first-order valence-electron chi connectivity index (χ1n) is 11.1. The molecule has 0 spiro atoms. The van der Waals surface area contributed by atoms with Gasteiger partial charge in [0.25, 0.3) is 11.8 Å². The van der Waals surface area contributed by atoms with Crippen molar-refractivity contribution in [2.45, 2.75) is 32.4 Å². The number of nitrogens with one attached hydrogen (secondary N) is 1. The number of pyridine rings is 1. The van der Waals surface area contributed by atoms with E-state index < -0.39 is 24.2 Å². The normalized spacial score (nSPS) is 14.9. The van der Waals surface area contributed by atoms with E-state index in [1.165, 1.54) is 34.2 Å². The largest absolute Gasteiger partial charge is 0.383 e. The van der Waals surface area contributed by atoms with Gasteiger partial charge in [-0.3, -0.25) is 4.79 Å². The van der Waals surface area contributed by atoms with E-state index in [1.54, 1.807) is 19.1 Å². The highest BCUT2D eigenvalue weighted by atomic mass is 19.3. The Hall–Kier alpha value is -4.29. The van der Waals surface area contributed by atoms with E-state index in [9.17, 15) is 18.0 Å². The highest BCUT2D eigenvalue weighted by Gasteiger charge is 2.39. The predicted molar refractivity (Wildman–Crippen MR) is 125 cm³/mol. The maximum Gasteiger partial charge on any atom is 0.291 e. The fourth-order valence-corrected chi connectivity index (χ4v) is 4.02. The number of anilines is 2. The average molecular weight is 497 g/mol. The van der Waals surface area contributed by atoms with E-state index in [0.717, 1.165) is 0 Å². The first-order chi connectivity index (χ1) is 17.2. The zero-order chi connectivity index (χ0) is 25.4. The van der Waals surface area contributed by atoms with Crippen LogP contribution in [0.15, 0.2) is 36.8 Å². The molecule has 0 saturated carbocycles. The van der Waals surface area contributed by atoms with Crippen molar-refractivity contribution in [1.82, 2.24) is 35.0 Å². The summed E-state index contributed by atoms with van der Waals surface area (Å²) in [5, 5.41) is 7.67. The molecule has 0 atom stereocenters. The van der Waals surface area contributed by atoms with Crippen molar-refractivity contribution >= 4 is 28.4 Å². The minimum Gasteiger partial charge on any atom is -0.383 e. The van der Waals surface area contributed by atoms with Gasteiger partial charge in [0.15, 0.2) is 0 Å². The first kappa shape index (κ1) is 23.5. The van der Waals surface area contributed by atoms with Gasteiger partial charge in [-0.25, -0.2) is 37.8 Å². The molecule has 1 amide bonds. The zero-order valence-corrected chi connectivity index (χ0v) is 19.2. The summed E-state index contributed by atoms with van der Waals surface area (Å²) < 4.78 is 43.2. The number of fused-ring (bicyclic) bond motifs is 1. The number of aryl methyl sites for hydroxylation is 1. The number of nitrogen functional groups attached to an aromatic ring is 1. The molecule has 1 aromatic carbocycles. The Morgan fingerprint density at radius 3 is 2.67 bits per heavy atom. The third-order valence-corrected chi connectivity index (χ3v) is 5.97. The molecule has 4 aromatic rings. The molecule has 1 aliphatic rings. The van der Waals surface area contributed by atoms with Crippen molar-refractivity contribution in [3.8, 4) is 0 Å². The van der Waals surface area contributed by atoms with Crippen LogP contribution in [0.3, 0.4) is 0 Å². The molecular weight excluding hydrogens is 475 g/mol. The molecule has 0 unspecified atom stereocenters. The van der Waals surface area contributed by atoms with E-state index in [1.807, 2.05) is 0 Å². The number of halogens is 3. The van der Waals surface area contributed by atoms with Crippen LogP contribution in [0.1, 0.15) is 34.0 Å². The molecule has 0 bridgehead atoms. The van der Waals surface area contributed by atoms with E-state index in [4.69, 9.17) is 5.73 Å². The van der Waals surface area contributed by atoms with Crippen molar-refractivity contribution in [1.29, 1.82) is 0 Å². The number of rotatable bonds is 6. The summed E-state index contributed by atoms with van der Waals surface area (Å²) in [6.07, 6.45) is 4.27. The number of carbonyl (C=O) groups is 1. The SMILES string of the molecule is Cc1nc(C(=O)NCc2ccc3c(N)nccc3c2F)nn1Cc1cnc(N2CCC(F)(F)C2)nc1. The molecule has 4 heterocycles. The molecule has 5 rings (SSSR count). The third-order valence-electron chi connectivity index (χ3n) is 5.97. The molecule has 1 saturated heterocycles. The Morgan fingerprint density at radius 2 is 1.94 bits per heavy atom. The standard InChI is InChI=1S/C23H22F3N9O/c1-13-32-20(21(36)29-10-15-2-3-17-16(18(15)24)4-6-28-19(17)27)33-35(13)11-14-8-30-22(31-9-14)34-7-5-23(25,26)12-34/h2-4,6,8-9H,5,7,10-12H2,1H3,(H2,27,28)(H,29,36). The number of aromatic nitrogens is 6. The van der Waals surface area contributed by atoms with Gasteiger partial charge in [-0.05, 0) is 13.0 Å². The van der Waals surface area contributed by atoms with E-state index >= 15 is 0 Å². The number of nitrogens with two attached hydrogens (primary N) is 1. The summed E-state index contributed by atoms with van der Waals surface area (Å²) in [5.41, 5.74) is 6.73. The fraction of sp³-hybridized carbons (Fsp3) is 0.304. The summed E-state index contributed by atoms with van der Waals surface area (Å²) in [4.78, 5) is 30.6. The molecule has 3 N–H and O–H groups in total. The quantitative estimate of drug-likeness (QED) is 0.416. The molecule has 36 heavy (non-hydrogen) atoms. The van der Waals surface area contributed by atoms with Gasteiger partial charge >= 0.3 is 0 Å². The number of amides is 1. The minimum absolute atomic E-state index is 0.0682. The van der Waals surface area contributed by atoms with Crippen molar-refractivity contribution in [3.05, 3.63) is 65.4 Å². The molecule has 3 aromatic heterocycles. The van der Waals surface area contributed by atoms with Crippen molar-refractivity contribution in [3.63, 3.8) is 0 Å². The van der Waals surface area contributed by atoms with Gasteiger partial charge in [-0.1, -0.05) is 12.1 Å². The minimum atomic E-state index is -2.73. The van der Waals surface area contributed by atoms with Crippen molar-refractivity contribution < 1.29 is 18.0 Å². The van der Waals surface area contributed by atoms with Gasteiger partial charge in [0.2, 0.25) is 11.8 Å². The maximum atomic E-state index is 14.9. The number of nitrogens with zero attached hydrogens (tertiary/aromatic N) is 7. The average Bonchev–Trinajstić information content (AvgIpc) is 3.41. The number of hydrogen-bond acceptors (Lipinski definition) is 8. The van der Waals surface area contributed by atoms with Gasteiger partial charge in [0.1, 0.15) is 17.5 Å². The number of carbonyl (C=O) groups excluding carboxylic acids is 1. The fourth-order valence-electron chi connectivity index (χ4n) is 4.02. The second-order valence-electron chi connectivity index (χ2n) is 8.57. The van der Waals surface area contributed by atoms with Crippen LogP contribution in [0.25, 0.3) is 10.8 Å². The number of hydrogen-bond donors (Lipinski definition) is 2. The molecule has 1 aliphatic heterocycles. The third kappa shape index (κ3) is 4.63. The number of alkyl halides is 2. The van der Waals surface area contributed by atoms with E-state index in [2.05, 4.69) is 30.4 Å². The summed E-state index contributed by atoms with van der Waals surface area (Å²) >= 11 is 0. The molecule has 0 aliphatic carbocycles. The Bertz CT molecular complexity index is 1440. The summed E-state index contributed by atoms with van der Waals surface area (Å²) in [6.45, 7) is 1.65. The summed E-state index contributed by atoms with van der Waals surface area (Å²) in [6, 6.07) is 4.72. The van der Waals surface area contributed by atoms with Crippen LogP contribution in [0, 0.1) is 12.7 Å². The topological polar surface area (TPSA) is 128 Å². The lowest BCUT2D eigenvalue weighted by atomic mass is 10.1. The zero-order valence-electron chi connectivity index (χ0n) is 19.2. The van der Waals surface area contributed by atoms with Gasteiger partial charge in [0.05, 0.1) is 13.1 Å². The van der Waals surface area contributed by atoms with Crippen LogP contribution in [0.5, 0.6) is 0 Å². The Kier molecular flexibility index (Phi) is 5.90. The second-order valence-corrected chi connectivity index (χ2v) is 8.57. The van der Waals surface area contributed by atoms with Crippen LogP contribution < -0.4 is 16.0 Å². The molecule has 186 valence electrons. The lowest BCUT2D eigenvalue weighted by molar-refractivity contribution is 0.0256. The first-order valence-corrected chi connectivity index (χ1v) is 11.1. The van der Waals surface area contributed by atoms with Crippen LogP contribution in [-0.2, 0) is 13.1 Å². The Labute approximate surface area is 203 Å². The molecule has 13 heteroatoms. The van der Waals surface area contributed by atoms with Crippen molar-refractivity contribution in [2.24, 2.45) is 0 Å². The van der Waals surface area contributed by atoms with E-state index in [-0.39, 0.29) is 49.2 Å². The van der Waals surface area contributed by atoms with Gasteiger partial charge in [0, 0.05) is 60.0 Å². The Balaban J connectivity index is 1.24. The monoisotopic (exact) mass is 497 g/mol. The van der Waals surface area contributed by atoms with Crippen molar-refractivity contribution in [2.75, 3.05) is 23.7 Å². The van der Waals surface area contributed by atoms with Gasteiger partial charge in [-0.15, -0.1) is 5.10 Å². The molecule has 10 nitrogen and oxygen atoms in total. The van der Waals surface area contributed by atoms with E-state index in [0.29, 0.717) is 22.2 Å². The highest BCUT2D eigenvalue weighted by molar-refractivity contribution is 5.92. The smallest absolute Gasteiger partial charge is 0.291 e. The van der Waals surface area contributed by atoms with Crippen LogP contribution in [0.2, 0.25) is 0 Å². The summed E-state index contributed by atoms with van der Waals surface area (Å²) in [7, 11) is 0. The Morgan fingerprint density at radius 1 is 1.17 bits per heavy atom. The molecular formula is C23H22F3N9O. The summed E-state index contributed by atoms with van der Waals surface area (Å²) in [5.74, 6) is -2.91. The van der Waals surface area contributed by atoms with Crippen LogP contribution in [-0.4, -0.2) is 54.6 Å². The maximum absolute atomic E-state index is 14.9. The highest BCUT2D eigenvalue weighted by Crippen LogP contribution is 2.29. The second kappa shape index (κ2) is 9.06. The lowest BCUT2D eigenvalue weighted by Gasteiger charge is -2.15. The van der Waals surface area contributed by atoms with Crippen LogP contribution in [0.4, 0.5) is 24.9 Å². The lowest BCUT2D eigenvalue weighted by Crippen LogP contribution is -2.26. The van der Waals surface area contributed by atoms with Crippen LogP contribution >= 0.6 is 0 Å². The van der Waals surface area contributed by atoms with Gasteiger partial charge < -0.3 is 16.0 Å². The number of benzene rings is 1. The van der Waals surface area contributed by atoms with Gasteiger partial charge in [-0.2, -0.15) is 0 Å².